The summed E-state index contributed by atoms with van der Waals surface area (Å²) in [4.78, 5) is 0. The minimum Gasteiger partial charge on any atom is -0.324 e. The predicted octanol–water partition coefficient (Wildman–Crippen LogP) is -0.0660. The summed E-state index contributed by atoms with van der Waals surface area (Å²) in [6, 6.07) is 0. The average Bonchev–Trinajstić information content (AvgIpc) is 2.42. The van der Waals surface area contributed by atoms with Gasteiger partial charge in [0.2, 0.25) is 0 Å². The fourth-order valence-electron chi connectivity index (χ4n) is 2.51. The molecule has 0 spiro atoms. The van der Waals surface area contributed by atoms with Gasteiger partial charge in [0.1, 0.15) is 0 Å². The molecule has 1 heterocycles. The number of hydrazine groups is 1. The van der Waals surface area contributed by atoms with E-state index in [2.05, 4.69) is 10.4 Å². The molecule has 3 nitrogen and oxygen atoms in total. The number of hydrogen-bond donors (Lipinski definition) is 2. The molecule has 2 atom stereocenters. The van der Waals surface area contributed by atoms with E-state index in [0.29, 0.717) is 0 Å². The zero-order valence-corrected chi connectivity index (χ0v) is 7.14. The molecule has 3 N–H and O–H groups in total. The molecule has 2 unspecified atom stereocenters. The highest BCUT2D eigenvalue weighted by Gasteiger charge is 2.46. The van der Waals surface area contributed by atoms with Crippen LogP contribution in [-0.2, 0) is 0 Å². The molecule has 0 amide bonds. The van der Waals surface area contributed by atoms with Crippen molar-refractivity contribution in [1.29, 1.82) is 0 Å². The van der Waals surface area contributed by atoms with Crippen molar-refractivity contribution in [2.75, 3.05) is 20.1 Å². The molecule has 0 bridgehead atoms. The Morgan fingerprint density at radius 3 is 3.09 bits per heavy atom. The second-order valence-electron chi connectivity index (χ2n) is 3.93. The van der Waals surface area contributed by atoms with E-state index >= 15 is 0 Å². The number of rotatable bonds is 1. The van der Waals surface area contributed by atoms with Gasteiger partial charge in [-0.05, 0) is 25.8 Å². The van der Waals surface area contributed by atoms with Crippen molar-refractivity contribution < 1.29 is 0 Å². The van der Waals surface area contributed by atoms with E-state index in [0.717, 1.165) is 19.0 Å². The summed E-state index contributed by atoms with van der Waals surface area (Å²) in [5, 5.41) is 2.24. The lowest BCUT2D eigenvalue weighted by Crippen LogP contribution is -2.45. The maximum atomic E-state index is 6.25. The highest BCUT2D eigenvalue weighted by molar-refractivity contribution is 5.03. The van der Waals surface area contributed by atoms with Gasteiger partial charge >= 0.3 is 0 Å². The summed E-state index contributed by atoms with van der Waals surface area (Å²) in [5.74, 6) is 0.745. The molecule has 1 saturated carbocycles. The van der Waals surface area contributed by atoms with E-state index in [1.807, 2.05) is 7.05 Å². The Kier molecular flexibility index (Phi) is 1.67. The smallest absolute Gasteiger partial charge is 0.0338 e. The average molecular weight is 155 g/mol. The van der Waals surface area contributed by atoms with Gasteiger partial charge in [0, 0.05) is 18.6 Å². The van der Waals surface area contributed by atoms with Crippen LogP contribution < -0.4 is 11.2 Å². The van der Waals surface area contributed by atoms with Gasteiger partial charge in [-0.3, -0.25) is 5.43 Å². The number of fused-ring (bicyclic) bond motifs is 1. The molecule has 2 fully saturated rings. The van der Waals surface area contributed by atoms with E-state index in [1.54, 1.807) is 0 Å². The zero-order valence-electron chi connectivity index (χ0n) is 7.14. The van der Waals surface area contributed by atoms with Crippen LogP contribution in [0, 0.1) is 5.92 Å². The highest BCUT2D eigenvalue weighted by Crippen LogP contribution is 2.38. The Morgan fingerprint density at radius 2 is 2.45 bits per heavy atom. The van der Waals surface area contributed by atoms with Crippen molar-refractivity contribution >= 4 is 0 Å². The summed E-state index contributed by atoms with van der Waals surface area (Å²) in [5.41, 5.74) is 9.56. The van der Waals surface area contributed by atoms with Crippen LogP contribution >= 0.6 is 0 Å². The van der Waals surface area contributed by atoms with Gasteiger partial charge in [0.25, 0.3) is 0 Å². The third-order valence-corrected chi connectivity index (χ3v) is 3.25. The molecule has 1 aliphatic carbocycles. The highest BCUT2D eigenvalue weighted by atomic mass is 15.5. The second kappa shape index (κ2) is 2.44. The fraction of sp³-hybridized carbons (Fsp3) is 1.00. The van der Waals surface area contributed by atoms with Gasteiger partial charge < -0.3 is 5.73 Å². The minimum absolute atomic E-state index is 0.142. The van der Waals surface area contributed by atoms with Gasteiger partial charge in [-0.2, -0.15) is 0 Å². The molecule has 2 rings (SSSR count). The van der Waals surface area contributed by atoms with Gasteiger partial charge in [-0.1, -0.05) is 6.42 Å². The first-order chi connectivity index (χ1) is 5.24. The van der Waals surface area contributed by atoms with Crippen LogP contribution in [0.15, 0.2) is 0 Å². The normalized spacial score (nSPS) is 44.7. The van der Waals surface area contributed by atoms with Crippen molar-refractivity contribution in [2.24, 2.45) is 11.7 Å². The van der Waals surface area contributed by atoms with Crippen molar-refractivity contribution in [1.82, 2.24) is 10.4 Å². The maximum Gasteiger partial charge on any atom is 0.0338 e. The molecular weight excluding hydrogens is 138 g/mol. The van der Waals surface area contributed by atoms with Crippen LogP contribution in [0.1, 0.15) is 19.3 Å². The van der Waals surface area contributed by atoms with Crippen molar-refractivity contribution in [3.05, 3.63) is 0 Å². The Bertz CT molecular complexity index is 159. The van der Waals surface area contributed by atoms with E-state index in [4.69, 9.17) is 5.73 Å². The quantitative estimate of drug-likeness (QED) is 0.557. The molecule has 3 heteroatoms. The van der Waals surface area contributed by atoms with Crippen molar-refractivity contribution in [3.63, 3.8) is 0 Å². The van der Waals surface area contributed by atoms with E-state index < -0.39 is 0 Å². The number of nitrogens with one attached hydrogen (secondary N) is 1. The first-order valence-electron chi connectivity index (χ1n) is 4.46. The zero-order chi connectivity index (χ0) is 7.90. The number of nitrogens with zero attached hydrogens (tertiary/aromatic N) is 1. The Morgan fingerprint density at radius 1 is 1.64 bits per heavy atom. The number of hydrogen-bond acceptors (Lipinski definition) is 3. The standard InChI is InChI=1S/C8H17N3/c1-10-11-5-7-3-2-4-8(7,9)6-11/h7,10H,2-6,9H2,1H3. The van der Waals surface area contributed by atoms with Gasteiger partial charge in [0.05, 0.1) is 0 Å². The van der Waals surface area contributed by atoms with Crippen LogP contribution in [0.4, 0.5) is 0 Å². The van der Waals surface area contributed by atoms with E-state index in [-0.39, 0.29) is 5.54 Å². The molecule has 0 aromatic heterocycles. The van der Waals surface area contributed by atoms with Crippen LogP contribution in [0.3, 0.4) is 0 Å². The summed E-state index contributed by atoms with van der Waals surface area (Å²) < 4.78 is 0. The monoisotopic (exact) mass is 155 g/mol. The van der Waals surface area contributed by atoms with Crippen LogP contribution in [0.5, 0.6) is 0 Å². The summed E-state index contributed by atoms with van der Waals surface area (Å²) >= 11 is 0. The predicted molar refractivity (Wildman–Crippen MR) is 44.9 cm³/mol. The topological polar surface area (TPSA) is 41.3 Å². The first-order valence-corrected chi connectivity index (χ1v) is 4.46. The molecule has 64 valence electrons. The lowest BCUT2D eigenvalue weighted by atomic mass is 9.92. The lowest BCUT2D eigenvalue weighted by molar-refractivity contribution is 0.235. The lowest BCUT2D eigenvalue weighted by Gasteiger charge is -2.22. The molecule has 0 aromatic rings. The minimum atomic E-state index is 0.142. The Labute approximate surface area is 67.9 Å². The summed E-state index contributed by atoms with van der Waals surface area (Å²) in [7, 11) is 1.98. The molecular formula is C8H17N3. The van der Waals surface area contributed by atoms with E-state index in [1.165, 1.54) is 19.3 Å². The molecule has 1 saturated heterocycles. The first kappa shape index (κ1) is 7.53. The largest absolute Gasteiger partial charge is 0.324 e. The Balaban J connectivity index is 2.06. The van der Waals surface area contributed by atoms with Crippen LogP contribution in [0.25, 0.3) is 0 Å². The van der Waals surface area contributed by atoms with Gasteiger partial charge in [0.15, 0.2) is 0 Å². The molecule has 0 radical (unpaired) electrons. The SMILES string of the molecule is CNN1CC2CCCC2(N)C1. The third kappa shape index (κ3) is 1.08. The molecule has 11 heavy (non-hydrogen) atoms. The van der Waals surface area contributed by atoms with Crippen molar-refractivity contribution in [2.45, 2.75) is 24.8 Å². The Hall–Kier alpha value is -0.120. The molecule has 2 aliphatic rings. The third-order valence-electron chi connectivity index (χ3n) is 3.25. The maximum absolute atomic E-state index is 6.25. The second-order valence-corrected chi connectivity index (χ2v) is 3.93. The van der Waals surface area contributed by atoms with Gasteiger partial charge in [-0.15, -0.1) is 0 Å². The van der Waals surface area contributed by atoms with Gasteiger partial charge in [-0.25, -0.2) is 5.01 Å². The summed E-state index contributed by atoms with van der Waals surface area (Å²) in [6.07, 6.45) is 3.88. The molecule has 0 aromatic carbocycles. The van der Waals surface area contributed by atoms with Crippen LogP contribution in [-0.4, -0.2) is 30.7 Å². The summed E-state index contributed by atoms with van der Waals surface area (Å²) in [6.45, 7) is 2.18. The fourth-order valence-corrected chi connectivity index (χ4v) is 2.51. The number of nitrogens with two attached hydrogens (primary N) is 1. The van der Waals surface area contributed by atoms with Crippen molar-refractivity contribution in [3.8, 4) is 0 Å². The molecule has 1 aliphatic heterocycles. The van der Waals surface area contributed by atoms with E-state index in [9.17, 15) is 0 Å². The van der Waals surface area contributed by atoms with Crippen LogP contribution in [0.2, 0.25) is 0 Å².